The predicted octanol–water partition coefficient (Wildman–Crippen LogP) is 3.62. The number of nitrogens with zero attached hydrogens (tertiary/aromatic N) is 5. The van der Waals surface area contributed by atoms with Crippen molar-refractivity contribution in [3.05, 3.63) is 64.4 Å². The van der Waals surface area contributed by atoms with Crippen molar-refractivity contribution in [2.45, 2.75) is 30.3 Å². The van der Waals surface area contributed by atoms with E-state index in [9.17, 15) is 13.2 Å². The number of likely N-dealkylation sites (tertiary alicyclic amines) is 1. The Labute approximate surface area is 201 Å². The number of carbonyl (C=O) groups is 1. The normalized spacial score (nSPS) is 17.5. The van der Waals surface area contributed by atoms with Gasteiger partial charge in [0, 0.05) is 26.1 Å². The molecule has 3 heterocycles. The second-order valence-corrected chi connectivity index (χ2v) is 11.0. The lowest BCUT2D eigenvalue weighted by molar-refractivity contribution is -0.128. The zero-order valence-electron chi connectivity index (χ0n) is 17.6. The fraction of sp³-hybridized carbons (Fsp3) is 0.318. The molecule has 2 aliphatic rings. The molecule has 1 aromatic heterocycles. The summed E-state index contributed by atoms with van der Waals surface area (Å²) in [6.07, 6.45) is 3.25. The number of aromatic nitrogens is 3. The monoisotopic (exact) mass is 505 g/mol. The van der Waals surface area contributed by atoms with Gasteiger partial charge in [0.1, 0.15) is 5.69 Å². The summed E-state index contributed by atoms with van der Waals surface area (Å²) in [5.41, 5.74) is 2.42. The van der Waals surface area contributed by atoms with Crippen LogP contribution < -0.4 is 0 Å². The second kappa shape index (κ2) is 8.72. The fourth-order valence-electron chi connectivity index (χ4n) is 4.06. The van der Waals surface area contributed by atoms with Gasteiger partial charge in [-0.05, 0) is 41.8 Å². The first-order valence-corrected chi connectivity index (χ1v) is 12.7. The first-order chi connectivity index (χ1) is 15.8. The highest BCUT2D eigenvalue weighted by Gasteiger charge is 2.38. The molecule has 2 aromatic carbocycles. The molecule has 0 N–H and O–H groups in total. The van der Waals surface area contributed by atoms with Gasteiger partial charge in [0.2, 0.25) is 15.9 Å². The minimum Gasteiger partial charge on any atom is -0.337 e. The molecule has 0 bridgehead atoms. The van der Waals surface area contributed by atoms with Crippen LogP contribution in [-0.2, 0) is 21.4 Å². The Hall–Kier alpha value is -2.46. The van der Waals surface area contributed by atoms with E-state index in [0.717, 1.165) is 24.1 Å². The Morgan fingerprint density at radius 1 is 1.00 bits per heavy atom. The predicted molar refractivity (Wildman–Crippen MR) is 124 cm³/mol. The van der Waals surface area contributed by atoms with E-state index in [1.54, 1.807) is 52.2 Å². The molecule has 0 radical (unpaired) electrons. The van der Waals surface area contributed by atoms with Crippen LogP contribution in [0.5, 0.6) is 0 Å². The Morgan fingerprint density at radius 3 is 2.39 bits per heavy atom. The van der Waals surface area contributed by atoms with E-state index in [4.69, 9.17) is 23.2 Å². The third-order valence-electron chi connectivity index (χ3n) is 6.03. The topological polar surface area (TPSA) is 88.4 Å². The highest BCUT2D eigenvalue weighted by Crippen LogP contribution is 2.31. The van der Waals surface area contributed by atoms with Crippen LogP contribution in [0.25, 0.3) is 11.1 Å². The van der Waals surface area contributed by atoms with Gasteiger partial charge in [0.05, 0.1) is 33.7 Å². The first kappa shape index (κ1) is 22.3. The summed E-state index contributed by atoms with van der Waals surface area (Å²) < 4.78 is 29.1. The van der Waals surface area contributed by atoms with Crippen molar-refractivity contribution in [3.63, 3.8) is 0 Å². The molecule has 0 saturated carbocycles. The molecular formula is C22H21Cl2N5O3S. The molecule has 33 heavy (non-hydrogen) atoms. The zero-order chi connectivity index (χ0) is 23.2. The fourth-order valence-corrected chi connectivity index (χ4v) is 5.87. The van der Waals surface area contributed by atoms with Crippen LogP contribution in [0.4, 0.5) is 0 Å². The van der Waals surface area contributed by atoms with Gasteiger partial charge in [0.15, 0.2) is 0 Å². The summed E-state index contributed by atoms with van der Waals surface area (Å²) >= 11 is 12.1. The highest BCUT2D eigenvalue weighted by atomic mass is 35.5. The van der Waals surface area contributed by atoms with Crippen molar-refractivity contribution in [1.29, 1.82) is 0 Å². The van der Waals surface area contributed by atoms with E-state index in [0.29, 0.717) is 41.8 Å². The molecule has 0 unspecified atom stereocenters. The van der Waals surface area contributed by atoms with Crippen molar-refractivity contribution in [1.82, 2.24) is 24.2 Å². The molecule has 1 amide bonds. The highest BCUT2D eigenvalue weighted by molar-refractivity contribution is 7.89. The molecule has 0 spiro atoms. The second-order valence-electron chi connectivity index (χ2n) is 8.24. The van der Waals surface area contributed by atoms with Gasteiger partial charge >= 0.3 is 0 Å². The van der Waals surface area contributed by atoms with Crippen LogP contribution in [0, 0.1) is 0 Å². The summed E-state index contributed by atoms with van der Waals surface area (Å²) in [5, 5.41) is 9.20. The maximum absolute atomic E-state index is 13.0. The number of sulfonamides is 1. The minimum atomic E-state index is -3.60. The van der Waals surface area contributed by atoms with Crippen LogP contribution in [-0.4, -0.2) is 58.2 Å². The number of hydrogen-bond donors (Lipinski definition) is 0. The smallest absolute Gasteiger partial charge is 0.243 e. The van der Waals surface area contributed by atoms with E-state index in [1.807, 2.05) is 6.07 Å². The van der Waals surface area contributed by atoms with E-state index in [2.05, 4.69) is 10.3 Å². The van der Waals surface area contributed by atoms with Gasteiger partial charge in [-0.3, -0.25) is 4.79 Å². The van der Waals surface area contributed by atoms with E-state index < -0.39 is 10.0 Å². The molecular weight excluding hydrogens is 485 g/mol. The van der Waals surface area contributed by atoms with Gasteiger partial charge in [-0.2, -0.15) is 4.31 Å². The first-order valence-electron chi connectivity index (χ1n) is 10.6. The lowest BCUT2D eigenvalue weighted by Crippen LogP contribution is -2.50. The van der Waals surface area contributed by atoms with Crippen LogP contribution >= 0.6 is 23.2 Å². The standard InChI is InChI=1S/C22H21Cl2N5O3S/c23-20-8-5-16(10-21(20)24)15-3-6-19(7-4-15)33(31,32)28-13-18(14-28)29-12-17(25-26-29)11-27-9-1-2-22(27)30/h3-8,10,12,18H,1-2,9,11,13-14H2. The van der Waals surface area contributed by atoms with Gasteiger partial charge in [-0.1, -0.05) is 46.6 Å². The van der Waals surface area contributed by atoms with Crippen molar-refractivity contribution < 1.29 is 13.2 Å². The SMILES string of the molecule is O=C1CCCN1Cc1cn(C2CN(S(=O)(=O)c3ccc(-c4ccc(Cl)c(Cl)c4)cc3)C2)nn1. The van der Waals surface area contributed by atoms with E-state index >= 15 is 0 Å². The Kier molecular flexibility index (Phi) is 5.90. The molecule has 8 nitrogen and oxygen atoms in total. The molecule has 2 fully saturated rings. The van der Waals surface area contributed by atoms with Crippen molar-refractivity contribution in [2.75, 3.05) is 19.6 Å². The minimum absolute atomic E-state index is 0.0780. The average Bonchev–Trinajstić information content (AvgIpc) is 3.38. The Bertz CT molecular complexity index is 1300. The summed E-state index contributed by atoms with van der Waals surface area (Å²) in [5.74, 6) is 0.135. The average molecular weight is 506 g/mol. The Balaban J connectivity index is 1.23. The van der Waals surface area contributed by atoms with Crippen molar-refractivity contribution in [2.24, 2.45) is 0 Å². The van der Waals surface area contributed by atoms with Crippen LogP contribution in [0.2, 0.25) is 10.0 Å². The summed E-state index contributed by atoms with van der Waals surface area (Å²) in [6, 6.07) is 11.9. The zero-order valence-corrected chi connectivity index (χ0v) is 19.9. The van der Waals surface area contributed by atoms with Gasteiger partial charge in [0.25, 0.3) is 0 Å². The van der Waals surface area contributed by atoms with Crippen molar-refractivity contribution >= 4 is 39.1 Å². The quantitative estimate of drug-likeness (QED) is 0.510. The van der Waals surface area contributed by atoms with Crippen molar-refractivity contribution in [3.8, 4) is 11.1 Å². The summed E-state index contributed by atoms with van der Waals surface area (Å²) in [7, 11) is -3.60. The Morgan fingerprint density at radius 2 is 1.73 bits per heavy atom. The number of hydrogen-bond acceptors (Lipinski definition) is 5. The molecule has 11 heteroatoms. The van der Waals surface area contributed by atoms with E-state index in [1.165, 1.54) is 4.31 Å². The number of benzene rings is 2. The maximum Gasteiger partial charge on any atom is 0.243 e. The van der Waals surface area contributed by atoms with Gasteiger partial charge < -0.3 is 4.90 Å². The number of halogens is 2. The third kappa shape index (κ3) is 4.38. The van der Waals surface area contributed by atoms with Crippen LogP contribution in [0.1, 0.15) is 24.6 Å². The van der Waals surface area contributed by atoms with Crippen LogP contribution in [0.3, 0.4) is 0 Å². The summed E-state index contributed by atoms with van der Waals surface area (Å²) in [6.45, 7) is 1.83. The molecule has 3 aromatic rings. The molecule has 172 valence electrons. The van der Waals surface area contributed by atoms with Gasteiger partial charge in [-0.25, -0.2) is 13.1 Å². The molecule has 2 saturated heterocycles. The summed E-state index contributed by atoms with van der Waals surface area (Å²) in [4.78, 5) is 13.8. The number of amides is 1. The van der Waals surface area contributed by atoms with E-state index in [-0.39, 0.29) is 16.8 Å². The molecule has 5 rings (SSSR count). The lowest BCUT2D eigenvalue weighted by Gasteiger charge is -2.37. The number of rotatable bonds is 6. The molecule has 0 atom stereocenters. The van der Waals surface area contributed by atoms with Crippen LogP contribution in [0.15, 0.2) is 53.6 Å². The van der Waals surface area contributed by atoms with Gasteiger partial charge in [-0.15, -0.1) is 5.10 Å². The number of carbonyl (C=O) groups excluding carboxylic acids is 1. The maximum atomic E-state index is 13.0. The largest absolute Gasteiger partial charge is 0.337 e. The molecule has 2 aliphatic heterocycles. The molecule has 0 aliphatic carbocycles. The third-order valence-corrected chi connectivity index (χ3v) is 8.61. The lowest BCUT2D eigenvalue weighted by atomic mass is 10.1.